The normalized spacial score (nSPS) is 10.5. The van der Waals surface area contributed by atoms with Gasteiger partial charge in [-0.2, -0.15) is 0 Å². The van der Waals surface area contributed by atoms with E-state index in [0.29, 0.717) is 5.65 Å². The number of primary amides is 1. The van der Waals surface area contributed by atoms with E-state index in [9.17, 15) is 9.90 Å². The average molecular weight is 177 g/mol. The molecule has 1 amide bonds. The minimum absolute atomic E-state index is 0.0231. The number of fused-ring (bicyclic) bond motifs is 1. The van der Waals surface area contributed by atoms with Crippen LogP contribution < -0.4 is 5.73 Å². The molecule has 66 valence electrons. The molecule has 0 saturated heterocycles. The van der Waals surface area contributed by atoms with Crippen molar-refractivity contribution in [3.63, 3.8) is 0 Å². The van der Waals surface area contributed by atoms with Crippen LogP contribution in [-0.4, -0.2) is 20.4 Å². The molecule has 0 aliphatic carbocycles. The molecule has 0 unspecified atom stereocenters. The molecule has 2 rings (SSSR count). The van der Waals surface area contributed by atoms with Crippen LogP contribution in [0.1, 0.15) is 10.5 Å². The fourth-order valence-corrected chi connectivity index (χ4v) is 1.18. The second kappa shape index (κ2) is 2.48. The Balaban J connectivity index is 2.83. The van der Waals surface area contributed by atoms with Gasteiger partial charge in [0.2, 0.25) is 0 Å². The molecule has 0 fully saturated rings. The van der Waals surface area contributed by atoms with E-state index in [1.165, 1.54) is 16.7 Å². The predicted octanol–water partition coefficient (Wildman–Crippen LogP) is 0.139. The van der Waals surface area contributed by atoms with E-state index >= 15 is 0 Å². The molecule has 0 aliphatic rings. The summed E-state index contributed by atoms with van der Waals surface area (Å²) in [5.74, 6) is -0.548. The van der Waals surface area contributed by atoms with Crippen LogP contribution in [-0.2, 0) is 0 Å². The first-order chi connectivity index (χ1) is 6.20. The third kappa shape index (κ3) is 1.01. The number of amides is 1. The summed E-state index contributed by atoms with van der Waals surface area (Å²) in [7, 11) is 0. The summed E-state index contributed by atoms with van der Waals surface area (Å²) < 4.78 is 1.44. The monoisotopic (exact) mass is 177 g/mol. The summed E-state index contributed by atoms with van der Waals surface area (Å²) in [4.78, 5) is 14.7. The molecule has 2 aromatic rings. The van der Waals surface area contributed by atoms with Crippen LogP contribution in [0.3, 0.4) is 0 Å². The summed E-state index contributed by atoms with van der Waals surface area (Å²) in [6.45, 7) is 0. The molecular formula is C8H7N3O2. The van der Waals surface area contributed by atoms with Gasteiger partial charge in [-0.25, -0.2) is 4.98 Å². The molecule has 5 heteroatoms. The van der Waals surface area contributed by atoms with Crippen molar-refractivity contribution in [3.05, 3.63) is 30.2 Å². The Morgan fingerprint density at radius 1 is 1.62 bits per heavy atom. The van der Waals surface area contributed by atoms with Gasteiger partial charge in [0, 0.05) is 6.20 Å². The van der Waals surface area contributed by atoms with Gasteiger partial charge in [0.05, 0.1) is 6.20 Å². The molecule has 13 heavy (non-hydrogen) atoms. The SMILES string of the molecule is NC(=O)c1cnc2c(O)cccn12. The van der Waals surface area contributed by atoms with Crippen LogP contribution in [0.5, 0.6) is 5.75 Å². The number of aromatic nitrogens is 2. The van der Waals surface area contributed by atoms with Crippen molar-refractivity contribution in [2.24, 2.45) is 5.73 Å². The standard InChI is InChI=1S/C8H7N3O2/c9-7(13)5-4-10-8-6(12)2-1-3-11(5)8/h1-4,12H,(H2,9,13). The average Bonchev–Trinajstić information content (AvgIpc) is 2.48. The maximum atomic E-state index is 10.9. The lowest BCUT2D eigenvalue weighted by atomic mass is 10.4. The number of aromatic hydroxyl groups is 1. The highest BCUT2D eigenvalue weighted by Gasteiger charge is 2.09. The first-order valence-electron chi connectivity index (χ1n) is 3.65. The minimum Gasteiger partial charge on any atom is -0.504 e. The van der Waals surface area contributed by atoms with Crippen LogP contribution in [0.25, 0.3) is 5.65 Å². The first-order valence-corrected chi connectivity index (χ1v) is 3.65. The van der Waals surface area contributed by atoms with Crippen LogP contribution in [0.15, 0.2) is 24.5 Å². The molecule has 0 radical (unpaired) electrons. The summed E-state index contributed by atoms with van der Waals surface area (Å²) >= 11 is 0. The molecule has 0 saturated carbocycles. The van der Waals surface area contributed by atoms with Gasteiger partial charge in [0.1, 0.15) is 5.69 Å². The van der Waals surface area contributed by atoms with Crippen molar-refractivity contribution >= 4 is 11.6 Å². The van der Waals surface area contributed by atoms with Crippen molar-refractivity contribution in [1.82, 2.24) is 9.38 Å². The maximum Gasteiger partial charge on any atom is 0.267 e. The molecule has 5 nitrogen and oxygen atoms in total. The van der Waals surface area contributed by atoms with Gasteiger partial charge < -0.3 is 10.8 Å². The van der Waals surface area contributed by atoms with Gasteiger partial charge in [-0.1, -0.05) is 0 Å². The third-order valence-electron chi connectivity index (χ3n) is 1.77. The second-order valence-corrected chi connectivity index (χ2v) is 2.59. The number of hydrogen-bond acceptors (Lipinski definition) is 3. The molecule has 0 aliphatic heterocycles. The Morgan fingerprint density at radius 2 is 2.38 bits per heavy atom. The van der Waals surface area contributed by atoms with E-state index in [1.807, 2.05) is 0 Å². The quantitative estimate of drug-likeness (QED) is 0.650. The zero-order valence-corrected chi connectivity index (χ0v) is 6.64. The van der Waals surface area contributed by atoms with E-state index in [0.717, 1.165) is 0 Å². The molecular weight excluding hydrogens is 170 g/mol. The van der Waals surface area contributed by atoms with Crippen molar-refractivity contribution in [1.29, 1.82) is 0 Å². The number of carbonyl (C=O) groups excluding carboxylic acids is 1. The second-order valence-electron chi connectivity index (χ2n) is 2.59. The molecule has 0 spiro atoms. The van der Waals surface area contributed by atoms with Gasteiger partial charge in [-0.05, 0) is 12.1 Å². The number of nitrogens with two attached hydrogens (primary N) is 1. The maximum absolute atomic E-state index is 10.9. The molecule has 2 aromatic heterocycles. The summed E-state index contributed by atoms with van der Waals surface area (Å²) in [6, 6.07) is 3.10. The molecule has 0 aromatic carbocycles. The zero-order valence-electron chi connectivity index (χ0n) is 6.64. The largest absolute Gasteiger partial charge is 0.504 e. The van der Waals surface area contributed by atoms with Crippen LogP contribution in [0.4, 0.5) is 0 Å². The Kier molecular flexibility index (Phi) is 1.45. The summed E-state index contributed by atoms with van der Waals surface area (Å²) in [6.07, 6.45) is 2.94. The Morgan fingerprint density at radius 3 is 3.08 bits per heavy atom. The van der Waals surface area contributed by atoms with Crippen molar-refractivity contribution in [3.8, 4) is 5.75 Å². The summed E-state index contributed by atoms with van der Waals surface area (Å²) in [5, 5.41) is 9.33. The molecule has 3 N–H and O–H groups in total. The van der Waals surface area contributed by atoms with Crippen molar-refractivity contribution in [2.45, 2.75) is 0 Å². The van der Waals surface area contributed by atoms with Gasteiger partial charge in [0.25, 0.3) is 5.91 Å². The fraction of sp³-hybridized carbons (Fsp3) is 0. The lowest BCUT2D eigenvalue weighted by Gasteiger charge is -1.97. The van der Waals surface area contributed by atoms with E-state index in [-0.39, 0.29) is 11.4 Å². The highest BCUT2D eigenvalue weighted by atomic mass is 16.3. The lowest BCUT2D eigenvalue weighted by molar-refractivity contribution is 0.0995. The highest BCUT2D eigenvalue weighted by Crippen LogP contribution is 2.16. The van der Waals surface area contributed by atoms with Gasteiger partial charge in [-0.15, -0.1) is 0 Å². The van der Waals surface area contributed by atoms with E-state index in [2.05, 4.69) is 4.98 Å². The topological polar surface area (TPSA) is 80.6 Å². The lowest BCUT2D eigenvalue weighted by Crippen LogP contribution is -2.13. The number of nitrogens with zero attached hydrogens (tertiary/aromatic N) is 2. The molecule has 2 heterocycles. The van der Waals surface area contributed by atoms with Gasteiger partial charge in [-0.3, -0.25) is 9.20 Å². The molecule has 0 atom stereocenters. The fourth-order valence-electron chi connectivity index (χ4n) is 1.18. The Bertz CT molecular complexity index is 475. The predicted molar refractivity (Wildman–Crippen MR) is 45.4 cm³/mol. The Hall–Kier alpha value is -2.04. The van der Waals surface area contributed by atoms with Crippen LogP contribution >= 0.6 is 0 Å². The van der Waals surface area contributed by atoms with Gasteiger partial charge in [0.15, 0.2) is 11.4 Å². The minimum atomic E-state index is -0.571. The highest BCUT2D eigenvalue weighted by molar-refractivity contribution is 5.92. The molecule has 0 bridgehead atoms. The summed E-state index contributed by atoms with van der Waals surface area (Å²) in [5.41, 5.74) is 5.68. The number of hydrogen-bond donors (Lipinski definition) is 2. The number of carbonyl (C=O) groups is 1. The van der Waals surface area contributed by atoms with Crippen LogP contribution in [0.2, 0.25) is 0 Å². The third-order valence-corrected chi connectivity index (χ3v) is 1.77. The smallest absolute Gasteiger partial charge is 0.267 e. The zero-order chi connectivity index (χ0) is 9.42. The first kappa shape index (κ1) is 7.60. The Labute approximate surface area is 73.4 Å². The van der Waals surface area contributed by atoms with Crippen molar-refractivity contribution in [2.75, 3.05) is 0 Å². The number of imidazole rings is 1. The number of pyridine rings is 1. The van der Waals surface area contributed by atoms with Crippen molar-refractivity contribution < 1.29 is 9.90 Å². The van der Waals surface area contributed by atoms with E-state index in [1.54, 1.807) is 12.3 Å². The number of rotatable bonds is 1. The van der Waals surface area contributed by atoms with Crippen LogP contribution in [0, 0.1) is 0 Å². The van der Waals surface area contributed by atoms with E-state index < -0.39 is 5.91 Å². The van der Waals surface area contributed by atoms with Gasteiger partial charge >= 0.3 is 0 Å². The van der Waals surface area contributed by atoms with E-state index in [4.69, 9.17) is 5.73 Å².